The molecule has 1 aliphatic rings. The first-order chi connectivity index (χ1) is 14.3. The third kappa shape index (κ3) is 3.17. The van der Waals surface area contributed by atoms with Gasteiger partial charge >= 0.3 is 17.8 Å². The summed E-state index contributed by atoms with van der Waals surface area (Å²) in [5.74, 6) is -15.6. The average molecular weight is 493 g/mol. The molecule has 31 heavy (non-hydrogen) atoms. The van der Waals surface area contributed by atoms with Gasteiger partial charge in [-0.3, -0.25) is 0 Å². The van der Waals surface area contributed by atoms with Gasteiger partial charge in [-0.25, -0.2) is 0 Å². The Balaban J connectivity index is 2.04. The van der Waals surface area contributed by atoms with Crippen molar-refractivity contribution in [2.45, 2.75) is 38.5 Å². The van der Waals surface area contributed by atoms with Crippen molar-refractivity contribution < 1.29 is 26.3 Å². The molecule has 1 aromatic carbocycles. The molecule has 0 bridgehead atoms. The van der Waals surface area contributed by atoms with E-state index in [0.717, 1.165) is 22.7 Å². The summed E-state index contributed by atoms with van der Waals surface area (Å²) in [6.07, 6.45) is 0. The van der Waals surface area contributed by atoms with E-state index in [1.165, 1.54) is 26.0 Å². The number of thiophene rings is 2. The van der Waals surface area contributed by atoms with E-state index in [-0.39, 0.29) is 20.9 Å². The van der Waals surface area contributed by atoms with Gasteiger partial charge in [-0.05, 0) is 61.7 Å². The molecule has 2 heterocycles. The maximum Gasteiger partial charge on any atom is 0.380 e. The third-order valence-electron chi connectivity index (χ3n) is 5.27. The quantitative estimate of drug-likeness (QED) is 0.320. The van der Waals surface area contributed by atoms with Crippen LogP contribution in [0.3, 0.4) is 0 Å². The van der Waals surface area contributed by atoms with E-state index in [4.69, 9.17) is 11.6 Å². The lowest BCUT2D eigenvalue weighted by atomic mass is 9.95. The minimum absolute atomic E-state index is 0.236. The monoisotopic (exact) mass is 492 g/mol. The van der Waals surface area contributed by atoms with Gasteiger partial charge < -0.3 is 0 Å². The molecule has 0 amide bonds. The van der Waals surface area contributed by atoms with E-state index in [0.29, 0.717) is 20.3 Å². The van der Waals surface area contributed by atoms with Crippen LogP contribution in [0, 0.1) is 20.8 Å². The minimum Gasteiger partial charge on any atom is -0.194 e. The zero-order valence-corrected chi connectivity index (χ0v) is 18.8. The zero-order chi connectivity index (χ0) is 22.9. The van der Waals surface area contributed by atoms with Gasteiger partial charge in [0.1, 0.15) is 0 Å². The molecule has 0 fully saturated rings. The summed E-state index contributed by atoms with van der Waals surface area (Å²) in [6, 6.07) is 9.08. The van der Waals surface area contributed by atoms with Crippen molar-refractivity contribution in [3.8, 4) is 10.4 Å². The standard InChI is InChI=1S/C22H15ClF6S2/c1-10-7-15(11(2)30-10)18-19(21(26,27)22(28,29)20(18,24)25)16-9-17(31-12(16)3)13-5-4-6-14(23)8-13/h4-9H,1-3H3. The molecule has 0 nitrogen and oxygen atoms in total. The van der Waals surface area contributed by atoms with Crippen molar-refractivity contribution in [1.82, 2.24) is 0 Å². The number of halogens is 7. The summed E-state index contributed by atoms with van der Waals surface area (Å²) < 4.78 is 88.8. The molecule has 0 unspecified atom stereocenters. The fourth-order valence-electron chi connectivity index (χ4n) is 3.83. The van der Waals surface area contributed by atoms with E-state index < -0.39 is 28.9 Å². The third-order valence-corrected chi connectivity index (χ3v) is 7.57. The van der Waals surface area contributed by atoms with Gasteiger partial charge in [0.05, 0.1) is 0 Å². The van der Waals surface area contributed by atoms with Crippen LogP contribution in [0.15, 0.2) is 36.4 Å². The highest BCUT2D eigenvalue weighted by Crippen LogP contribution is 2.65. The van der Waals surface area contributed by atoms with Crippen LogP contribution in [0.2, 0.25) is 5.02 Å². The molecular formula is C22H15ClF6S2. The lowest BCUT2D eigenvalue weighted by molar-refractivity contribution is -0.254. The van der Waals surface area contributed by atoms with Crippen LogP contribution in [-0.4, -0.2) is 17.8 Å². The highest BCUT2D eigenvalue weighted by molar-refractivity contribution is 7.15. The SMILES string of the molecule is Cc1cc(C2=C(c3cc(-c4cccc(Cl)c4)sc3C)C(F)(F)C(F)(F)C2(F)F)c(C)s1. The number of rotatable bonds is 3. The van der Waals surface area contributed by atoms with Crippen LogP contribution in [0.1, 0.15) is 25.8 Å². The van der Waals surface area contributed by atoms with Crippen LogP contribution in [0.25, 0.3) is 21.6 Å². The van der Waals surface area contributed by atoms with Gasteiger partial charge in [0, 0.05) is 35.7 Å². The van der Waals surface area contributed by atoms with Crippen molar-refractivity contribution >= 4 is 45.4 Å². The highest BCUT2D eigenvalue weighted by Gasteiger charge is 2.80. The van der Waals surface area contributed by atoms with Crippen LogP contribution >= 0.6 is 34.3 Å². The van der Waals surface area contributed by atoms with E-state index in [1.807, 2.05) is 0 Å². The fourth-order valence-corrected chi connectivity index (χ4v) is 5.97. The number of hydrogen-bond donors (Lipinski definition) is 0. The van der Waals surface area contributed by atoms with Crippen molar-refractivity contribution in [3.05, 3.63) is 67.2 Å². The predicted molar refractivity (Wildman–Crippen MR) is 115 cm³/mol. The molecule has 3 aromatic rings. The Bertz CT molecular complexity index is 1220. The molecule has 1 aliphatic carbocycles. The van der Waals surface area contributed by atoms with E-state index in [2.05, 4.69) is 0 Å². The normalized spacial score (nSPS) is 19.3. The topological polar surface area (TPSA) is 0 Å². The van der Waals surface area contributed by atoms with Gasteiger partial charge in [0.15, 0.2) is 0 Å². The first-order valence-electron chi connectivity index (χ1n) is 9.12. The first-order valence-corrected chi connectivity index (χ1v) is 11.1. The fraction of sp³-hybridized carbons (Fsp3) is 0.273. The average Bonchev–Trinajstić information content (AvgIpc) is 3.22. The number of allylic oxidation sites excluding steroid dienone is 2. The minimum atomic E-state index is -5.56. The Labute approximate surface area is 187 Å². The zero-order valence-electron chi connectivity index (χ0n) is 16.4. The molecule has 0 saturated heterocycles. The molecule has 164 valence electrons. The van der Waals surface area contributed by atoms with Gasteiger partial charge in [0.25, 0.3) is 0 Å². The van der Waals surface area contributed by atoms with Crippen molar-refractivity contribution in [2.24, 2.45) is 0 Å². The molecule has 9 heteroatoms. The van der Waals surface area contributed by atoms with Crippen LogP contribution in [0.4, 0.5) is 26.3 Å². The lowest BCUT2D eigenvalue weighted by Gasteiger charge is -2.25. The number of hydrogen-bond acceptors (Lipinski definition) is 2. The Morgan fingerprint density at radius 3 is 1.81 bits per heavy atom. The summed E-state index contributed by atoms with van der Waals surface area (Å²) in [7, 11) is 0. The molecule has 0 atom stereocenters. The van der Waals surface area contributed by atoms with Crippen molar-refractivity contribution in [2.75, 3.05) is 0 Å². The number of aryl methyl sites for hydroxylation is 3. The van der Waals surface area contributed by atoms with Crippen LogP contribution in [-0.2, 0) is 0 Å². The number of benzene rings is 1. The molecule has 0 N–H and O–H groups in total. The summed E-state index contributed by atoms with van der Waals surface area (Å²) in [4.78, 5) is 1.55. The molecule has 0 aliphatic heterocycles. The van der Waals surface area contributed by atoms with E-state index in [9.17, 15) is 26.3 Å². The lowest BCUT2D eigenvalue weighted by Crippen LogP contribution is -2.48. The van der Waals surface area contributed by atoms with Crippen molar-refractivity contribution in [1.29, 1.82) is 0 Å². The molecule has 4 rings (SSSR count). The second kappa shape index (κ2) is 7.12. The van der Waals surface area contributed by atoms with E-state index >= 15 is 0 Å². The smallest absolute Gasteiger partial charge is 0.194 e. The molecular weight excluding hydrogens is 478 g/mol. The Kier molecular flexibility index (Phi) is 5.15. The van der Waals surface area contributed by atoms with Gasteiger partial charge in [0.2, 0.25) is 0 Å². The molecule has 0 spiro atoms. The highest BCUT2D eigenvalue weighted by atomic mass is 35.5. The summed E-state index contributed by atoms with van der Waals surface area (Å²) >= 11 is 8.14. The maximum absolute atomic E-state index is 15.0. The Hall–Kier alpha value is -1.77. The Morgan fingerprint density at radius 1 is 0.742 bits per heavy atom. The first kappa shape index (κ1) is 22.4. The Morgan fingerprint density at radius 2 is 1.29 bits per heavy atom. The molecule has 0 saturated carbocycles. The van der Waals surface area contributed by atoms with Crippen LogP contribution < -0.4 is 0 Å². The van der Waals surface area contributed by atoms with Crippen LogP contribution in [0.5, 0.6) is 0 Å². The van der Waals surface area contributed by atoms with Gasteiger partial charge in [-0.1, -0.05) is 23.7 Å². The summed E-state index contributed by atoms with van der Waals surface area (Å²) in [5, 5.41) is 0.402. The predicted octanol–water partition coefficient (Wildman–Crippen LogP) is 8.89. The second-order valence-corrected chi connectivity index (χ2v) is 10.5. The van der Waals surface area contributed by atoms with E-state index in [1.54, 1.807) is 31.2 Å². The van der Waals surface area contributed by atoms with Gasteiger partial charge in [-0.2, -0.15) is 26.3 Å². The summed E-state index contributed by atoms with van der Waals surface area (Å²) in [5.41, 5.74) is -2.61. The summed E-state index contributed by atoms with van der Waals surface area (Å²) in [6.45, 7) is 4.52. The molecule has 0 radical (unpaired) electrons. The van der Waals surface area contributed by atoms with Gasteiger partial charge in [-0.15, -0.1) is 22.7 Å². The number of alkyl halides is 6. The molecule has 2 aromatic heterocycles. The maximum atomic E-state index is 15.0. The van der Waals surface area contributed by atoms with Crippen molar-refractivity contribution in [3.63, 3.8) is 0 Å². The largest absolute Gasteiger partial charge is 0.380 e. The second-order valence-electron chi connectivity index (χ2n) is 7.39.